The van der Waals surface area contributed by atoms with Crippen molar-refractivity contribution in [2.75, 3.05) is 11.9 Å². The van der Waals surface area contributed by atoms with Crippen LogP contribution in [0.5, 0.6) is 0 Å². The van der Waals surface area contributed by atoms with E-state index in [-0.39, 0.29) is 25.2 Å². The van der Waals surface area contributed by atoms with Crippen LogP contribution in [0.2, 0.25) is 5.02 Å². The Labute approximate surface area is 157 Å². The number of ether oxygens (including phenoxy) is 1. The molecule has 0 bridgehead atoms. The highest BCUT2D eigenvalue weighted by Gasteiger charge is 2.12. The summed E-state index contributed by atoms with van der Waals surface area (Å²) in [5, 5.41) is 3.24. The molecule has 5 nitrogen and oxygen atoms in total. The molecule has 0 atom stereocenters. The maximum atomic E-state index is 12.0. The number of halogens is 1. The number of aryl methyl sites for hydroxylation is 1. The first kappa shape index (κ1) is 19.7. The van der Waals surface area contributed by atoms with Gasteiger partial charge in [0.1, 0.15) is 0 Å². The van der Waals surface area contributed by atoms with Crippen molar-refractivity contribution in [3.8, 4) is 0 Å². The van der Waals surface area contributed by atoms with Gasteiger partial charge in [-0.05, 0) is 55.3 Å². The number of nitrogens with one attached hydrogen (secondary N) is 1. The van der Waals surface area contributed by atoms with Gasteiger partial charge in [-0.15, -0.1) is 0 Å². The number of amides is 1. The van der Waals surface area contributed by atoms with E-state index in [9.17, 15) is 14.4 Å². The molecule has 0 unspecified atom stereocenters. The molecule has 2 aromatic carbocycles. The number of ketones is 1. The lowest BCUT2D eigenvalue weighted by atomic mass is 10.1. The topological polar surface area (TPSA) is 72.5 Å². The molecule has 2 rings (SSSR count). The highest BCUT2D eigenvalue weighted by Crippen LogP contribution is 2.17. The minimum absolute atomic E-state index is 0.0130. The monoisotopic (exact) mass is 373 g/mol. The van der Waals surface area contributed by atoms with Gasteiger partial charge < -0.3 is 10.1 Å². The summed E-state index contributed by atoms with van der Waals surface area (Å²) < 4.78 is 4.93. The van der Waals surface area contributed by atoms with Crippen LogP contribution in [0, 0.1) is 13.8 Å². The number of hydrogen-bond donors (Lipinski definition) is 1. The first-order valence-corrected chi connectivity index (χ1v) is 8.55. The van der Waals surface area contributed by atoms with Gasteiger partial charge in [0.2, 0.25) is 0 Å². The predicted molar refractivity (Wildman–Crippen MR) is 101 cm³/mol. The Morgan fingerprint density at radius 3 is 2.38 bits per heavy atom. The van der Waals surface area contributed by atoms with Crippen molar-refractivity contribution in [1.82, 2.24) is 0 Å². The molecule has 0 saturated carbocycles. The molecule has 26 heavy (non-hydrogen) atoms. The van der Waals surface area contributed by atoms with Crippen LogP contribution in [-0.4, -0.2) is 24.3 Å². The number of anilines is 1. The third-order valence-corrected chi connectivity index (χ3v) is 4.22. The molecule has 2 aromatic rings. The summed E-state index contributed by atoms with van der Waals surface area (Å²) in [6, 6.07) is 12.0. The normalized spacial score (nSPS) is 10.3. The quantitative estimate of drug-likeness (QED) is 0.585. The number of benzene rings is 2. The van der Waals surface area contributed by atoms with E-state index in [2.05, 4.69) is 5.32 Å². The van der Waals surface area contributed by atoms with Crippen LogP contribution >= 0.6 is 11.6 Å². The van der Waals surface area contributed by atoms with Crippen molar-refractivity contribution >= 4 is 34.9 Å². The summed E-state index contributed by atoms with van der Waals surface area (Å²) >= 11 is 5.77. The van der Waals surface area contributed by atoms with Crippen LogP contribution in [0.1, 0.15) is 34.3 Å². The molecule has 0 aromatic heterocycles. The fourth-order valence-electron chi connectivity index (χ4n) is 2.29. The zero-order chi connectivity index (χ0) is 19.1. The van der Waals surface area contributed by atoms with E-state index < -0.39 is 11.9 Å². The van der Waals surface area contributed by atoms with Crippen molar-refractivity contribution in [3.63, 3.8) is 0 Å². The average Bonchev–Trinajstić information content (AvgIpc) is 2.62. The number of carbonyl (C=O) groups excluding carboxylic acids is 3. The maximum absolute atomic E-state index is 12.0. The molecule has 0 saturated heterocycles. The molecule has 1 amide bonds. The predicted octanol–water partition coefficient (Wildman–Crippen LogP) is 4.10. The molecule has 0 radical (unpaired) electrons. The fraction of sp³-hybridized carbons (Fsp3) is 0.250. The van der Waals surface area contributed by atoms with Gasteiger partial charge in [0.05, 0.1) is 6.42 Å². The molecule has 136 valence electrons. The van der Waals surface area contributed by atoms with Crippen molar-refractivity contribution < 1.29 is 19.1 Å². The molecule has 0 fully saturated rings. The van der Waals surface area contributed by atoms with Crippen LogP contribution < -0.4 is 5.32 Å². The summed E-state index contributed by atoms with van der Waals surface area (Å²) in [5.74, 6) is -1.20. The lowest BCUT2D eigenvalue weighted by Crippen LogP contribution is -2.21. The van der Waals surface area contributed by atoms with Crippen LogP contribution in [0.15, 0.2) is 42.5 Å². The Bertz CT molecular complexity index is 815. The van der Waals surface area contributed by atoms with Crippen molar-refractivity contribution in [2.45, 2.75) is 26.7 Å². The molecule has 0 heterocycles. The van der Waals surface area contributed by atoms with Gasteiger partial charge in [0.15, 0.2) is 12.4 Å². The van der Waals surface area contributed by atoms with Gasteiger partial charge in [0, 0.05) is 22.7 Å². The second-order valence-electron chi connectivity index (χ2n) is 5.89. The lowest BCUT2D eigenvalue weighted by molar-refractivity contribution is -0.147. The number of Topliss-reactive ketones (excluding diaryl/α,β-unsaturated/α-hetero) is 1. The molecular formula is C20H20ClNO4. The van der Waals surface area contributed by atoms with Crippen LogP contribution in [0.25, 0.3) is 0 Å². The van der Waals surface area contributed by atoms with Gasteiger partial charge in [0.25, 0.3) is 5.91 Å². The molecule has 0 aliphatic rings. The SMILES string of the molecule is Cc1cccc(NC(=O)COC(=O)CCC(=O)c2ccc(Cl)cc2)c1C. The van der Waals surface area contributed by atoms with E-state index in [1.807, 2.05) is 26.0 Å². The van der Waals surface area contributed by atoms with Crippen molar-refractivity contribution in [2.24, 2.45) is 0 Å². The summed E-state index contributed by atoms with van der Waals surface area (Å²) in [7, 11) is 0. The number of hydrogen-bond acceptors (Lipinski definition) is 4. The largest absolute Gasteiger partial charge is 0.456 e. The minimum atomic E-state index is -0.594. The van der Waals surface area contributed by atoms with Gasteiger partial charge in [-0.1, -0.05) is 23.7 Å². The summed E-state index contributed by atoms with van der Waals surface area (Å²) in [4.78, 5) is 35.6. The van der Waals surface area contributed by atoms with E-state index in [1.54, 1.807) is 30.3 Å². The Hall–Kier alpha value is -2.66. The van der Waals surface area contributed by atoms with Crippen LogP contribution in [0.3, 0.4) is 0 Å². The Balaban J connectivity index is 1.76. The van der Waals surface area contributed by atoms with Crippen LogP contribution in [-0.2, 0) is 14.3 Å². The summed E-state index contributed by atoms with van der Waals surface area (Å²) in [6.07, 6.45) is -0.0721. The number of rotatable bonds is 7. The number of esters is 1. The zero-order valence-electron chi connectivity index (χ0n) is 14.7. The third kappa shape index (κ3) is 5.70. The Morgan fingerprint density at radius 2 is 1.69 bits per heavy atom. The summed E-state index contributed by atoms with van der Waals surface area (Å²) in [5.41, 5.74) is 3.18. The van der Waals surface area contributed by atoms with E-state index in [0.717, 1.165) is 11.1 Å². The van der Waals surface area contributed by atoms with Gasteiger partial charge in [-0.25, -0.2) is 0 Å². The molecule has 0 aliphatic carbocycles. The molecule has 0 aliphatic heterocycles. The van der Waals surface area contributed by atoms with E-state index in [1.165, 1.54) is 0 Å². The first-order valence-electron chi connectivity index (χ1n) is 8.17. The zero-order valence-corrected chi connectivity index (χ0v) is 15.4. The second-order valence-corrected chi connectivity index (χ2v) is 6.32. The minimum Gasteiger partial charge on any atom is -0.456 e. The van der Waals surface area contributed by atoms with E-state index in [0.29, 0.717) is 16.3 Å². The maximum Gasteiger partial charge on any atom is 0.306 e. The number of carbonyl (C=O) groups is 3. The first-order chi connectivity index (χ1) is 12.4. The standard InChI is InChI=1S/C20H20ClNO4/c1-13-4-3-5-17(14(13)2)22-19(24)12-26-20(25)11-10-18(23)15-6-8-16(21)9-7-15/h3-9H,10-12H2,1-2H3,(H,22,24). The van der Waals surface area contributed by atoms with E-state index in [4.69, 9.17) is 16.3 Å². The molecule has 1 N–H and O–H groups in total. The highest BCUT2D eigenvalue weighted by molar-refractivity contribution is 6.30. The van der Waals surface area contributed by atoms with E-state index >= 15 is 0 Å². The Kier molecular flexibility index (Phi) is 6.92. The third-order valence-electron chi connectivity index (χ3n) is 3.97. The van der Waals surface area contributed by atoms with Gasteiger partial charge >= 0.3 is 5.97 Å². The van der Waals surface area contributed by atoms with Gasteiger partial charge in [-0.3, -0.25) is 14.4 Å². The van der Waals surface area contributed by atoms with Crippen molar-refractivity contribution in [1.29, 1.82) is 0 Å². The Morgan fingerprint density at radius 1 is 1.00 bits per heavy atom. The van der Waals surface area contributed by atoms with Crippen molar-refractivity contribution in [3.05, 3.63) is 64.2 Å². The lowest BCUT2D eigenvalue weighted by Gasteiger charge is -2.10. The molecule has 0 spiro atoms. The van der Waals surface area contributed by atoms with Gasteiger partial charge in [-0.2, -0.15) is 0 Å². The summed E-state index contributed by atoms with van der Waals surface area (Å²) in [6.45, 7) is 3.46. The fourth-order valence-corrected chi connectivity index (χ4v) is 2.41. The highest BCUT2D eigenvalue weighted by atomic mass is 35.5. The average molecular weight is 374 g/mol. The molecule has 6 heteroatoms. The van der Waals surface area contributed by atoms with Crippen LogP contribution in [0.4, 0.5) is 5.69 Å². The molecular weight excluding hydrogens is 354 g/mol. The smallest absolute Gasteiger partial charge is 0.306 e. The second kappa shape index (κ2) is 9.15.